The number of nitrogens with one attached hydrogen (secondary N) is 1. The van der Waals surface area contributed by atoms with Gasteiger partial charge in [0.1, 0.15) is 0 Å². The van der Waals surface area contributed by atoms with Gasteiger partial charge in [-0.2, -0.15) is 0 Å². The molecule has 2 rings (SSSR count). The van der Waals surface area contributed by atoms with Crippen molar-refractivity contribution in [2.24, 2.45) is 11.8 Å². The van der Waals surface area contributed by atoms with Crippen molar-refractivity contribution in [1.82, 2.24) is 5.32 Å². The molecule has 0 bridgehead atoms. The summed E-state index contributed by atoms with van der Waals surface area (Å²) in [7, 11) is 0. The maximum Gasteiger partial charge on any atom is 0.00420 e. The predicted octanol–water partition coefficient (Wildman–Crippen LogP) is 2.56. The summed E-state index contributed by atoms with van der Waals surface area (Å²) in [6, 6.07) is 0.789. The average molecular weight is 167 g/mol. The Morgan fingerprint density at radius 3 is 2.33 bits per heavy atom. The van der Waals surface area contributed by atoms with Gasteiger partial charge in [0.25, 0.3) is 0 Å². The van der Waals surface area contributed by atoms with Crippen LogP contribution in [0.1, 0.15) is 45.4 Å². The molecule has 0 radical (unpaired) electrons. The molecule has 1 aliphatic heterocycles. The molecule has 1 saturated heterocycles. The molecule has 2 aliphatic rings. The van der Waals surface area contributed by atoms with E-state index in [9.17, 15) is 0 Å². The third kappa shape index (κ3) is 1.82. The van der Waals surface area contributed by atoms with E-state index in [1.54, 1.807) is 0 Å². The Balaban J connectivity index is 1.83. The van der Waals surface area contributed by atoms with Gasteiger partial charge in [-0.3, -0.25) is 0 Å². The molecule has 1 N–H and O–H groups in total. The van der Waals surface area contributed by atoms with Gasteiger partial charge in [0.2, 0.25) is 0 Å². The molecule has 1 heteroatoms. The second kappa shape index (κ2) is 3.78. The molecule has 0 aromatic rings. The quantitative estimate of drug-likeness (QED) is 0.633. The topological polar surface area (TPSA) is 12.0 Å². The van der Waals surface area contributed by atoms with Gasteiger partial charge >= 0.3 is 0 Å². The first-order chi connectivity index (χ1) is 5.86. The highest BCUT2D eigenvalue weighted by atomic mass is 14.9. The van der Waals surface area contributed by atoms with Crippen LogP contribution in [0.3, 0.4) is 0 Å². The second-order valence-corrected chi connectivity index (χ2v) is 4.70. The number of hydrogen-bond acceptors (Lipinski definition) is 1. The maximum absolute atomic E-state index is 3.57. The van der Waals surface area contributed by atoms with E-state index in [1.165, 1.54) is 45.1 Å². The fourth-order valence-corrected chi connectivity index (χ4v) is 2.94. The molecular weight excluding hydrogens is 146 g/mol. The lowest BCUT2D eigenvalue weighted by Gasteiger charge is -2.26. The van der Waals surface area contributed by atoms with Gasteiger partial charge in [-0.1, -0.05) is 32.1 Å². The summed E-state index contributed by atoms with van der Waals surface area (Å²) in [5.74, 6) is 2.08. The van der Waals surface area contributed by atoms with Crippen LogP contribution < -0.4 is 5.32 Å². The van der Waals surface area contributed by atoms with Crippen molar-refractivity contribution in [1.29, 1.82) is 0 Å². The van der Waals surface area contributed by atoms with Crippen LogP contribution >= 0.6 is 0 Å². The highest BCUT2D eigenvalue weighted by molar-refractivity contribution is 4.84. The Hall–Kier alpha value is -0.0400. The Labute approximate surface area is 75.9 Å². The molecule has 1 heterocycles. The van der Waals surface area contributed by atoms with Crippen LogP contribution in [0.15, 0.2) is 0 Å². The number of hydrogen-bond donors (Lipinski definition) is 1. The van der Waals surface area contributed by atoms with E-state index < -0.39 is 0 Å². The van der Waals surface area contributed by atoms with Crippen molar-refractivity contribution in [3.05, 3.63) is 0 Å². The SMILES string of the molecule is CC1CC(C2CCCCC2)CN1. The molecule has 2 unspecified atom stereocenters. The van der Waals surface area contributed by atoms with Crippen LogP contribution in [0.2, 0.25) is 0 Å². The van der Waals surface area contributed by atoms with E-state index in [4.69, 9.17) is 0 Å². The van der Waals surface area contributed by atoms with Crippen molar-refractivity contribution in [3.63, 3.8) is 0 Å². The van der Waals surface area contributed by atoms with Gasteiger partial charge in [-0.05, 0) is 31.7 Å². The zero-order valence-corrected chi connectivity index (χ0v) is 8.18. The fourth-order valence-electron chi connectivity index (χ4n) is 2.94. The lowest BCUT2D eigenvalue weighted by atomic mass is 9.79. The molecule has 0 aromatic carbocycles. The van der Waals surface area contributed by atoms with E-state index >= 15 is 0 Å². The largest absolute Gasteiger partial charge is 0.314 e. The average Bonchev–Trinajstić information content (AvgIpc) is 2.54. The standard InChI is InChI=1S/C11H21N/c1-9-7-11(8-12-9)10-5-3-2-4-6-10/h9-12H,2-8H2,1H3. The van der Waals surface area contributed by atoms with Gasteiger partial charge in [-0.15, -0.1) is 0 Å². The molecule has 1 saturated carbocycles. The van der Waals surface area contributed by atoms with Crippen LogP contribution in [0, 0.1) is 11.8 Å². The third-order valence-corrected chi connectivity index (χ3v) is 3.70. The summed E-state index contributed by atoms with van der Waals surface area (Å²) < 4.78 is 0. The molecule has 2 atom stereocenters. The Bertz CT molecular complexity index is 135. The van der Waals surface area contributed by atoms with Gasteiger partial charge in [0, 0.05) is 6.04 Å². The molecule has 1 aliphatic carbocycles. The Kier molecular flexibility index (Phi) is 2.69. The predicted molar refractivity (Wildman–Crippen MR) is 52.1 cm³/mol. The second-order valence-electron chi connectivity index (χ2n) is 4.70. The third-order valence-electron chi connectivity index (χ3n) is 3.70. The minimum atomic E-state index is 0.789. The summed E-state index contributed by atoms with van der Waals surface area (Å²) in [4.78, 5) is 0. The van der Waals surface area contributed by atoms with E-state index in [0.29, 0.717) is 0 Å². The minimum Gasteiger partial charge on any atom is -0.314 e. The highest BCUT2D eigenvalue weighted by Crippen LogP contribution is 2.34. The van der Waals surface area contributed by atoms with E-state index in [-0.39, 0.29) is 0 Å². The minimum absolute atomic E-state index is 0.789. The van der Waals surface area contributed by atoms with Crippen molar-refractivity contribution in [3.8, 4) is 0 Å². The van der Waals surface area contributed by atoms with Crippen LogP contribution in [0.5, 0.6) is 0 Å². The number of rotatable bonds is 1. The smallest absolute Gasteiger partial charge is 0.00420 e. The first kappa shape index (κ1) is 8.55. The highest BCUT2D eigenvalue weighted by Gasteiger charge is 2.28. The molecule has 0 amide bonds. The summed E-state index contributed by atoms with van der Waals surface area (Å²) in [6.07, 6.45) is 8.94. The van der Waals surface area contributed by atoms with Crippen molar-refractivity contribution in [2.45, 2.75) is 51.5 Å². The summed E-state index contributed by atoms with van der Waals surface area (Å²) in [5, 5.41) is 3.57. The van der Waals surface area contributed by atoms with Crippen molar-refractivity contribution >= 4 is 0 Å². The molecule has 0 spiro atoms. The molecular formula is C11H21N. The molecule has 12 heavy (non-hydrogen) atoms. The monoisotopic (exact) mass is 167 g/mol. The van der Waals surface area contributed by atoms with Gasteiger partial charge in [0.05, 0.1) is 0 Å². The molecule has 70 valence electrons. The van der Waals surface area contributed by atoms with Crippen LogP contribution in [-0.4, -0.2) is 12.6 Å². The van der Waals surface area contributed by atoms with Crippen molar-refractivity contribution in [2.75, 3.05) is 6.54 Å². The van der Waals surface area contributed by atoms with Gasteiger partial charge < -0.3 is 5.32 Å². The van der Waals surface area contributed by atoms with Crippen molar-refractivity contribution < 1.29 is 0 Å². The van der Waals surface area contributed by atoms with Crippen LogP contribution in [0.4, 0.5) is 0 Å². The first-order valence-electron chi connectivity index (χ1n) is 5.59. The van der Waals surface area contributed by atoms with Crippen LogP contribution in [0.25, 0.3) is 0 Å². The maximum atomic E-state index is 3.57. The lowest BCUT2D eigenvalue weighted by Crippen LogP contribution is -2.20. The zero-order chi connectivity index (χ0) is 8.39. The van der Waals surface area contributed by atoms with Gasteiger partial charge in [0.15, 0.2) is 0 Å². The molecule has 0 aromatic heterocycles. The summed E-state index contributed by atoms with van der Waals surface area (Å²) in [6.45, 7) is 3.62. The normalized spacial score (nSPS) is 38.8. The van der Waals surface area contributed by atoms with E-state index in [1.807, 2.05) is 0 Å². The van der Waals surface area contributed by atoms with Gasteiger partial charge in [-0.25, -0.2) is 0 Å². The molecule has 1 nitrogen and oxygen atoms in total. The summed E-state index contributed by atoms with van der Waals surface area (Å²) in [5.41, 5.74) is 0. The zero-order valence-electron chi connectivity index (χ0n) is 8.18. The lowest BCUT2D eigenvalue weighted by molar-refractivity contribution is 0.261. The first-order valence-corrected chi connectivity index (χ1v) is 5.59. The Morgan fingerprint density at radius 1 is 1.00 bits per heavy atom. The van der Waals surface area contributed by atoms with Crippen LogP contribution in [-0.2, 0) is 0 Å². The summed E-state index contributed by atoms with van der Waals surface area (Å²) >= 11 is 0. The Morgan fingerprint density at radius 2 is 1.75 bits per heavy atom. The van der Waals surface area contributed by atoms with E-state index in [0.717, 1.165) is 17.9 Å². The van der Waals surface area contributed by atoms with E-state index in [2.05, 4.69) is 12.2 Å². The molecule has 2 fully saturated rings. The fraction of sp³-hybridized carbons (Fsp3) is 1.00.